The van der Waals surface area contributed by atoms with E-state index in [-0.39, 0.29) is 5.92 Å². The minimum Gasteiger partial charge on any atom is -0.480 e. The first-order valence-corrected chi connectivity index (χ1v) is 5.24. The maximum absolute atomic E-state index is 10.8. The molecule has 6 nitrogen and oxygen atoms in total. The molecule has 0 fully saturated rings. The lowest BCUT2D eigenvalue weighted by Crippen LogP contribution is -2.45. The van der Waals surface area contributed by atoms with Gasteiger partial charge in [0.05, 0.1) is 0 Å². The molecule has 1 atom stereocenters. The van der Waals surface area contributed by atoms with Gasteiger partial charge in [-0.1, -0.05) is 13.8 Å². The van der Waals surface area contributed by atoms with Gasteiger partial charge in [-0.05, 0) is 13.3 Å². The van der Waals surface area contributed by atoms with Gasteiger partial charge in [-0.15, -0.1) is 0 Å². The molecule has 3 N–H and O–H groups in total. The largest absolute Gasteiger partial charge is 0.480 e. The van der Waals surface area contributed by atoms with E-state index in [1.54, 1.807) is 11.0 Å². The maximum atomic E-state index is 10.8. The van der Waals surface area contributed by atoms with Gasteiger partial charge in [-0.3, -0.25) is 9.48 Å². The van der Waals surface area contributed by atoms with Crippen molar-refractivity contribution in [3.8, 4) is 0 Å². The van der Waals surface area contributed by atoms with Crippen LogP contribution in [0.25, 0.3) is 0 Å². The molecule has 6 heteroatoms. The van der Waals surface area contributed by atoms with Crippen LogP contribution in [0.15, 0.2) is 6.33 Å². The fourth-order valence-electron chi connectivity index (χ4n) is 1.14. The van der Waals surface area contributed by atoms with Crippen molar-refractivity contribution in [1.82, 2.24) is 14.8 Å². The molecule has 0 aliphatic rings. The Balaban J connectivity index is 2.58. The van der Waals surface area contributed by atoms with Crippen LogP contribution in [-0.2, 0) is 11.3 Å². The number of aryl methyl sites for hydroxylation is 1. The van der Waals surface area contributed by atoms with Crippen molar-refractivity contribution < 1.29 is 9.90 Å². The van der Waals surface area contributed by atoms with Gasteiger partial charge in [0, 0.05) is 12.5 Å². The summed E-state index contributed by atoms with van der Waals surface area (Å²) in [5.74, 6) is 0.0238. The first-order valence-electron chi connectivity index (χ1n) is 5.24. The summed E-state index contributed by atoms with van der Waals surface area (Å²) in [6, 6.07) is 0. The summed E-state index contributed by atoms with van der Waals surface area (Å²) in [5, 5.41) is 13.1. The average molecular weight is 226 g/mol. The summed E-state index contributed by atoms with van der Waals surface area (Å²) in [7, 11) is 0. The Morgan fingerprint density at radius 1 is 1.69 bits per heavy atom. The highest BCUT2D eigenvalue weighted by Crippen LogP contribution is 2.10. The monoisotopic (exact) mass is 226 g/mol. The van der Waals surface area contributed by atoms with Crippen molar-refractivity contribution in [2.24, 2.45) is 5.73 Å². The molecule has 1 heterocycles. The van der Waals surface area contributed by atoms with Crippen LogP contribution >= 0.6 is 0 Å². The van der Waals surface area contributed by atoms with Crippen LogP contribution in [0.5, 0.6) is 0 Å². The van der Waals surface area contributed by atoms with Crippen LogP contribution < -0.4 is 5.73 Å². The third kappa shape index (κ3) is 3.03. The summed E-state index contributed by atoms with van der Waals surface area (Å²) < 4.78 is 1.63. The van der Waals surface area contributed by atoms with Crippen LogP contribution in [0.4, 0.5) is 0 Å². The number of aromatic nitrogens is 3. The van der Waals surface area contributed by atoms with Gasteiger partial charge in [0.2, 0.25) is 0 Å². The quantitative estimate of drug-likeness (QED) is 0.766. The van der Waals surface area contributed by atoms with Crippen LogP contribution in [0.3, 0.4) is 0 Å². The first-order chi connectivity index (χ1) is 7.33. The number of nitrogens with two attached hydrogens (primary N) is 1. The fourth-order valence-corrected chi connectivity index (χ4v) is 1.14. The van der Waals surface area contributed by atoms with E-state index in [0.717, 1.165) is 5.82 Å². The Bertz CT molecular complexity index is 371. The highest BCUT2D eigenvalue weighted by atomic mass is 16.4. The van der Waals surface area contributed by atoms with Gasteiger partial charge in [-0.2, -0.15) is 5.10 Å². The van der Waals surface area contributed by atoms with E-state index < -0.39 is 11.5 Å². The molecule has 0 amide bonds. The molecule has 0 aliphatic carbocycles. The fraction of sp³-hybridized carbons (Fsp3) is 0.700. The number of nitrogens with zero attached hydrogens (tertiary/aromatic N) is 3. The summed E-state index contributed by atoms with van der Waals surface area (Å²) in [4.78, 5) is 14.9. The molecule has 1 unspecified atom stereocenters. The van der Waals surface area contributed by atoms with Crippen molar-refractivity contribution in [2.45, 2.75) is 45.2 Å². The molecule has 0 saturated carbocycles. The Hall–Kier alpha value is -1.43. The molecule has 0 saturated heterocycles. The topological polar surface area (TPSA) is 94.0 Å². The van der Waals surface area contributed by atoms with Crippen molar-refractivity contribution >= 4 is 5.97 Å². The molecule has 90 valence electrons. The van der Waals surface area contributed by atoms with Crippen LogP contribution in [0.1, 0.15) is 38.9 Å². The van der Waals surface area contributed by atoms with Crippen molar-refractivity contribution in [3.05, 3.63) is 12.2 Å². The number of hydrogen-bond acceptors (Lipinski definition) is 4. The van der Waals surface area contributed by atoms with Crippen molar-refractivity contribution in [2.75, 3.05) is 0 Å². The van der Waals surface area contributed by atoms with E-state index in [1.807, 2.05) is 13.8 Å². The minimum atomic E-state index is -1.22. The standard InChI is InChI=1S/C10H18N4O2/c1-7(2)8-12-6-14(13-8)5-4-10(3,11)9(15)16/h6-7H,4-5,11H2,1-3H3,(H,15,16). The molecule has 0 aromatic carbocycles. The molecule has 0 radical (unpaired) electrons. The third-order valence-electron chi connectivity index (χ3n) is 2.42. The molecule has 1 aromatic heterocycles. The zero-order valence-corrected chi connectivity index (χ0v) is 9.84. The second kappa shape index (κ2) is 4.61. The normalized spacial score (nSPS) is 15.1. The third-order valence-corrected chi connectivity index (χ3v) is 2.42. The van der Waals surface area contributed by atoms with Gasteiger partial charge < -0.3 is 10.8 Å². The van der Waals surface area contributed by atoms with Gasteiger partial charge in [0.15, 0.2) is 5.82 Å². The number of carbonyl (C=O) groups is 1. The Kier molecular flexibility index (Phi) is 3.64. The highest BCUT2D eigenvalue weighted by Gasteiger charge is 2.27. The molecular formula is C10H18N4O2. The lowest BCUT2D eigenvalue weighted by molar-refractivity contribution is -0.143. The van der Waals surface area contributed by atoms with Gasteiger partial charge in [0.25, 0.3) is 0 Å². The Morgan fingerprint density at radius 2 is 2.31 bits per heavy atom. The lowest BCUT2D eigenvalue weighted by atomic mass is 10.0. The average Bonchev–Trinajstić information content (AvgIpc) is 2.63. The minimum absolute atomic E-state index is 0.269. The number of carboxylic acid groups (broad SMARTS) is 1. The predicted molar refractivity (Wildman–Crippen MR) is 59.0 cm³/mol. The highest BCUT2D eigenvalue weighted by molar-refractivity contribution is 5.77. The van der Waals surface area contributed by atoms with E-state index in [1.165, 1.54) is 6.92 Å². The van der Waals surface area contributed by atoms with Gasteiger partial charge in [0.1, 0.15) is 11.9 Å². The molecular weight excluding hydrogens is 208 g/mol. The first kappa shape index (κ1) is 12.6. The van der Waals surface area contributed by atoms with E-state index in [4.69, 9.17) is 10.8 Å². The molecule has 1 rings (SSSR count). The predicted octanol–water partition coefficient (Wildman–Crippen LogP) is 0.594. The summed E-state index contributed by atoms with van der Waals surface area (Å²) in [6.07, 6.45) is 1.93. The van der Waals surface area contributed by atoms with E-state index in [9.17, 15) is 4.79 Å². The molecule has 0 bridgehead atoms. The zero-order chi connectivity index (χ0) is 12.3. The maximum Gasteiger partial charge on any atom is 0.323 e. The molecule has 0 aliphatic heterocycles. The molecule has 16 heavy (non-hydrogen) atoms. The van der Waals surface area contributed by atoms with Gasteiger partial charge in [-0.25, -0.2) is 4.98 Å². The SMILES string of the molecule is CC(C)c1ncn(CCC(C)(N)C(=O)O)n1. The zero-order valence-electron chi connectivity index (χ0n) is 9.84. The smallest absolute Gasteiger partial charge is 0.323 e. The van der Waals surface area contributed by atoms with Crippen LogP contribution in [0, 0.1) is 0 Å². The van der Waals surface area contributed by atoms with E-state index in [2.05, 4.69) is 10.1 Å². The molecule has 0 spiro atoms. The summed E-state index contributed by atoms with van der Waals surface area (Å²) >= 11 is 0. The summed E-state index contributed by atoms with van der Waals surface area (Å²) in [5.41, 5.74) is 4.39. The van der Waals surface area contributed by atoms with Crippen LogP contribution in [-0.4, -0.2) is 31.4 Å². The van der Waals surface area contributed by atoms with Crippen molar-refractivity contribution in [1.29, 1.82) is 0 Å². The second-order valence-electron chi connectivity index (χ2n) is 4.49. The van der Waals surface area contributed by atoms with E-state index in [0.29, 0.717) is 13.0 Å². The number of rotatable bonds is 5. The van der Waals surface area contributed by atoms with E-state index >= 15 is 0 Å². The second-order valence-corrected chi connectivity index (χ2v) is 4.49. The number of carboxylic acids is 1. The van der Waals surface area contributed by atoms with Crippen molar-refractivity contribution in [3.63, 3.8) is 0 Å². The summed E-state index contributed by atoms with van der Waals surface area (Å²) in [6.45, 7) is 5.96. The Labute approximate surface area is 94.5 Å². The molecule has 1 aromatic rings. The number of hydrogen-bond donors (Lipinski definition) is 2. The lowest BCUT2D eigenvalue weighted by Gasteiger charge is -2.18. The number of aliphatic carboxylic acids is 1. The Morgan fingerprint density at radius 3 is 2.75 bits per heavy atom. The van der Waals surface area contributed by atoms with Crippen LogP contribution in [0.2, 0.25) is 0 Å². The van der Waals surface area contributed by atoms with Gasteiger partial charge >= 0.3 is 5.97 Å².